The number of hydrogen-bond acceptors (Lipinski definition) is 5. The minimum absolute atomic E-state index is 0.319. The van der Waals surface area contributed by atoms with Crippen molar-refractivity contribution in [2.45, 2.75) is 0 Å². The van der Waals surface area contributed by atoms with Crippen LogP contribution in [0.2, 0.25) is 0 Å². The Morgan fingerprint density at radius 2 is 1.76 bits per heavy atom. The van der Waals surface area contributed by atoms with Gasteiger partial charge in [0.25, 0.3) is 0 Å². The van der Waals surface area contributed by atoms with E-state index in [0.29, 0.717) is 11.4 Å². The molecule has 0 aromatic carbocycles. The molecule has 0 saturated heterocycles. The van der Waals surface area contributed by atoms with Gasteiger partial charge in [0.1, 0.15) is 11.4 Å². The number of esters is 2. The van der Waals surface area contributed by atoms with E-state index < -0.39 is 5.97 Å². The predicted molar refractivity (Wildman–Crippen MR) is 83.5 cm³/mol. The van der Waals surface area contributed by atoms with Gasteiger partial charge in [-0.05, 0) is 44.0 Å². The zero-order valence-corrected chi connectivity index (χ0v) is 14.4. The summed E-state index contributed by atoms with van der Waals surface area (Å²) in [6.45, 7) is 0. The van der Waals surface area contributed by atoms with E-state index in [-0.39, 0.29) is 5.97 Å². The standard InChI is InChI=1S/C6H7BrN2O2.C6H6BrNO2/c1-11-6(10)5-2-4(7)3-9(5)8;1-10-6(9)5-2-4(7)3-8-5/h2-3H,8H2,1H3;2-3,8H,1H3. The second kappa shape index (κ2) is 7.89. The van der Waals surface area contributed by atoms with Gasteiger partial charge in [0.05, 0.1) is 14.2 Å². The highest BCUT2D eigenvalue weighted by molar-refractivity contribution is 9.10. The number of rotatable bonds is 2. The quantitative estimate of drug-likeness (QED) is 0.571. The lowest BCUT2D eigenvalue weighted by Crippen LogP contribution is -2.15. The van der Waals surface area contributed by atoms with Crippen LogP contribution in [-0.2, 0) is 9.47 Å². The molecular formula is C12H13Br2N3O4. The molecule has 2 heterocycles. The van der Waals surface area contributed by atoms with Crippen LogP contribution in [0.3, 0.4) is 0 Å². The van der Waals surface area contributed by atoms with Crippen LogP contribution >= 0.6 is 31.9 Å². The topological polar surface area (TPSA) is 99.3 Å². The lowest BCUT2D eigenvalue weighted by molar-refractivity contribution is 0.0584. The van der Waals surface area contributed by atoms with Crippen LogP contribution in [0, 0.1) is 0 Å². The minimum Gasteiger partial charge on any atom is -0.464 e. The van der Waals surface area contributed by atoms with E-state index in [1.807, 2.05) is 0 Å². The van der Waals surface area contributed by atoms with E-state index in [1.165, 1.54) is 18.9 Å². The van der Waals surface area contributed by atoms with Gasteiger partial charge in [0, 0.05) is 21.3 Å². The lowest BCUT2D eigenvalue weighted by Gasteiger charge is -1.98. The Morgan fingerprint density at radius 1 is 1.14 bits per heavy atom. The van der Waals surface area contributed by atoms with E-state index in [0.717, 1.165) is 8.95 Å². The van der Waals surface area contributed by atoms with E-state index in [9.17, 15) is 9.59 Å². The molecule has 9 heteroatoms. The minimum atomic E-state index is -0.446. The maximum absolute atomic E-state index is 10.9. The van der Waals surface area contributed by atoms with Gasteiger partial charge in [0.2, 0.25) is 0 Å². The maximum atomic E-state index is 10.9. The van der Waals surface area contributed by atoms with Crippen LogP contribution in [0.5, 0.6) is 0 Å². The third-order valence-electron chi connectivity index (χ3n) is 2.26. The average molecular weight is 423 g/mol. The first-order chi connectivity index (χ1) is 9.88. The largest absolute Gasteiger partial charge is 0.464 e. The first kappa shape index (κ1) is 17.3. The third-order valence-corrected chi connectivity index (χ3v) is 3.15. The van der Waals surface area contributed by atoms with Gasteiger partial charge in [0.15, 0.2) is 0 Å². The van der Waals surface area contributed by atoms with Gasteiger partial charge >= 0.3 is 11.9 Å². The molecule has 2 aromatic heterocycles. The Kier molecular flexibility index (Phi) is 6.50. The number of nitrogens with one attached hydrogen (secondary N) is 1. The first-order valence-electron chi connectivity index (χ1n) is 5.52. The Balaban J connectivity index is 0.000000211. The molecule has 0 aliphatic carbocycles. The number of ether oxygens (including phenoxy) is 2. The number of H-pyrrole nitrogens is 1. The Morgan fingerprint density at radius 3 is 2.14 bits per heavy atom. The monoisotopic (exact) mass is 421 g/mol. The van der Waals surface area contributed by atoms with Crippen LogP contribution in [0.1, 0.15) is 21.0 Å². The van der Waals surface area contributed by atoms with Crippen molar-refractivity contribution in [3.8, 4) is 0 Å². The normalized spacial score (nSPS) is 9.52. The molecule has 2 aromatic rings. The number of methoxy groups -OCH3 is 2. The summed E-state index contributed by atoms with van der Waals surface area (Å²) < 4.78 is 11.7. The van der Waals surface area contributed by atoms with Crippen molar-refractivity contribution < 1.29 is 19.1 Å². The van der Waals surface area contributed by atoms with Gasteiger partial charge in [-0.15, -0.1) is 0 Å². The molecule has 21 heavy (non-hydrogen) atoms. The van der Waals surface area contributed by atoms with Crippen LogP contribution < -0.4 is 5.84 Å². The fourth-order valence-corrected chi connectivity index (χ4v) is 2.09. The summed E-state index contributed by atoms with van der Waals surface area (Å²) in [5.41, 5.74) is 0.772. The van der Waals surface area contributed by atoms with Crippen LogP contribution in [-0.4, -0.2) is 35.8 Å². The van der Waals surface area contributed by atoms with E-state index in [2.05, 4.69) is 46.3 Å². The van der Waals surface area contributed by atoms with Crippen molar-refractivity contribution in [2.24, 2.45) is 0 Å². The number of carbonyl (C=O) groups excluding carboxylic acids is 2. The highest BCUT2D eigenvalue weighted by Crippen LogP contribution is 2.13. The first-order valence-corrected chi connectivity index (χ1v) is 7.11. The number of nitrogens with zero attached hydrogens (tertiary/aromatic N) is 1. The summed E-state index contributed by atoms with van der Waals surface area (Å²) in [6, 6.07) is 3.25. The number of aromatic amines is 1. The van der Waals surface area contributed by atoms with Crippen molar-refractivity contribution in [1.29, 1.82) is 0 Å². The highest BCUT2D eigenvalue weighted by Gasteiger charge is 2.10. The summed E-state index contributed by atoms with van der Waals surface area (Å²) in [4.78, 5) is 24.4. The highest BCUT2D eigenvalue weighted by atomic mass is 79.9. The Labute approximate surface area is 137 Å². The lowest BCUT2D eigenvalue weighted by atomic mass is 10.4. The van der Waals surface area contributed by atoms with Gasteiger partial charge in [-0.1, -0.05) is 0 Å². The summed E-state index contributed by atoms with van der Waals surface area (Å²) in [5, 5.41) is 0. The third kappa shape index (κ3) is 4.94. The smallest absolute Gasteiger partial charge is 0.356 e. The molecular weight excluding hydrogens is 410 g/mol. The molecule has 0 atom stereocenters. The molecule has 7 nitrogen and oxygen atoms in total. The molecule has 2 rings (SSSR count). The van der Waals surface area contributed by atoms with E-state index in [1.54, 1.807) is 24.5 Å². The zero-order valence-electron chi connectivity index (χ0n) is 11.2. The predicted octanol–water partition coefficient (Wildman–Crippen LogP) is 2.31. The van der Waals surface area contributed by atoms with Crippen LogP contribution in [0.4, 0.5) is 0 Å². The van der Waals surface area contributed by atoms with Crippen molar-refractivity contribution in [3.05, 3.63) is 44.9 Å². The molecule has 0 spiro atoms. The fraction of sp³-hybridized carbons (Fsp3) is 0.167. The van der Waals surface area contributed by atoms with Crippen molar-refractivity contribution in [3.63, 3.8) is 0 Å². The SMILES string of the molecule is COC(=O)c1cc(Br)c[nH]1.COC(=O)c1cc(Br)cn1N. The summed E-state index contributed by atoms with van der Waals surface area (Å²) in [6.07, 6.45) is 3.25. The van der Waals surface area contributed by atoms with Crippen molar-refractivity contribution in [1.82, 2.24) is 9.66 Å². The second-order valence-electron chi connectivity index (χ2n) is 3.67. The van der Waals surface area contributed by atoms with Crippen molar-refractivity contribution in [2.75, 3.05) is 20.1 Å². The maximum Gasteiger partial charge on any atom is 0.356 e. The molecule has 0 fully saturated rings. The molecule has 0 amide bonds. The molecule has 0 aliphatic heterocycles. The summed E-state index contributed by atoms with van der Waals surface area (Å²) >= 11 is 6.36. The van der Waals surface area contributed by atoms with Gasteiger partial charge in [-0.25, -0.2) is 9.59 Å². The molecule has 114 valence electrons. The number of carbonyl (C=O) groups is 2. The summed E-state index contributed by atoms with van der Waals surface area (Å²) in [5.74, 6) is 4.60. The Bertz CT molecular complexity index is 636. The number of nitrogen functional groups attached to an aromatic ring is 1. The van der Waals surface area contributed by atoms with E-state index in [4.69, 9.17) is 5.84 Å². The molecule has 0 saturated carbocycles. The fourth-order valence-electron chi connectivity index (χ4n) is 1.31. The second-order valence-corrected chi connectivity index (χ2v) is 5.50. The molecule has 0 aliphatic rings. The number of nitrogens with two attached hydrogens (primary N) is 1. The van der Waals surface area contributed by atoms with Crippen LogP contribution in [0.25, 0.3) is 0 Å². The number of halogens is 2. The van der Waals surface area contributed by atoms with E-state index >= 15 is 0 Å². The molecule has 0 bridgehead atoms. The van der Waals surface area contributed by atoms with Crippen LogP contribution in [0.15, 0.2) is 33.5 Å². The van der Waals surface area contributed by atoms with Crippen molar-refractivity contribution >= 4 is 43.8 Å². The number of hydrogen-bond donors (Lipinski definition) is 2. The summed E-state index contributed by atoms with van der Waals surface area (Å²) in [7, 11) is 2.65. The molecule has 0 radical (unpaired) electrons. The van der Waals surface area contributed by atoms with Gasteiger partial charge < -0.3 is 20.3 Å². The van der Waals surface area contributed by atoms with Gasteiger partial charge in [-0.3, -0.25) is 4.68 Å². The molecule has 0 unspecified atom stereocenters. The van der Waals surface area contributed by atoms with Gasteiger partial charge in [-0.2, -0.15) is 0 Å². The zero-order chi connectivity index (χ0) is 16.0. The average Bonchev–Trinajstić information content (AvgIpc) is 3.03. The number of aromatic nitrogens is 2. The molecule has 3 N–H and O–H groups in total. The Hall–Kier alpha value is -1.74.